The summed E-state index contributed by atoms with van der Waals surface area (Å²) in [5.41, 5.74) is 1.03. The van der Waals surface area contributed by atoms with E-state index in [0.29, 0.717) is 25.6 Å². The Balaban J connectivity index is 3.11. The van der Waals surface area contributed by atoms with Gasteiger partial charge in [-0.2, -0.15) is 0 Å². The molecule has 5 nitrogen and oxygen atoms in total. The molecule has 0 unspecified atom stereocenters. The molecular formula is C15H27N3O2. The number of ether oxygens (including phenoxy) is 2. The largest absolute Gasteiger partial charge is 0.343 e. The number of nitrogens with zero attached hydrogens (tertiary/aromatic N) is 3. The maximum atomic E-state index is 5.94. The predicted molar refractivity (Wildman–Crippen MR) is 79.5 cm³/mol. The van der Waals surface area contributed by atoms with E-state index in [-0.39, 0.29) is 0 Å². The molecule has 1 heterocycles. The highest BCUT2D eigenvalue weighted by atomic mass is 16.7. The van der Waals surface area contributed by atoms with Crippen LogP contribution in [0.1, 0.15) is 39.1 Å². The Morgan fingerprint density at radius 1 is 1.00 bits per heavy atom. The Kier molecular flexibility index (Phi) is 7.05. The third kappa shape index (κ3) is 4.23. The van der Waals surface area contributed by atoms with Crippen LogP contribution in [0.4, 0.5) is 0 Å². The summed E-state index contributed by atoms with van der Waals surface area (Å²) < 4.78 is 11.9. The second-order valence-electron chi connectivity index (χ2n) is 4.66. The molecule has 0 spiro atoms. The van der Waals surface area contributed by atoms with Crippen LogP contribution < -0.4 is 0 Å². The van der Waals surface area contributed by atoms with E-state index in [1.54, 1.807) is 12.4 Å². The molecule has 0 radical (unpaired) electrons. The van der Waals surface area contributed by atoms with Crippen LogP contribution in [-0.4, -0.2) is 47.7 Å². The highest BCUT2D eigenvalue weighted by molar-refractivity contribution is 5.06. The molecule has 0 saturated carbocycles. The summed E-state index contributed by atoms with van der Waals surface area (Å²) in [6.45, 7) is 13.8. The van der Waals surface area contributed by atoms with E-state index in [9.17, 15) is 0 Å². The Bertz CT molecular complexity index is 371. The monoisotopic (exact) mass is 281 g/mol. The number of rotatable bonds is 9. The lowest BCUT2D eigenvalue weighted by atomic mass is 10.2. The minimum absolute atomic E-state index is 0.554. The topological polar surface area (TPSA) is 47.5 Å². The number of hydrogen-bond donors (Lipinski definition) is 0. The molecule has 5 heteroatoms. The van der Waals surface area contributed by atoms with Crippen molar-refractivity contribution in [3.8, 4) is 0 Å². The molecule has 0 aromatic carbocycles. The molecule has 0 aliphatic carbocycles. The zero-order chi connectivity index (χ0) is 15.0. The van der Waals surface area contributed by atoms with Crippen LogP contribution in [0, 0.1) is 6.92 Å². The first kappa shape index (κ1) is 17.0. The van der Waals surface area contributed by atoms with Crippen LogP contribution in [0.25, 0.3) is 0 Å². The number of aryl methyl sites for hydroxylation is 1. The van der Waals surface area contributed by atoms with E-state index in [1.807, 2.05) is 20.8 Å². The standard InChI is InChI=1S/C15H27N3O2/c1-6-18(7-2)12-15(19-8-3,20-9-4)14-16-10-13(5)11-17-14/h10-11H,6-9,12H2,1-5H3. The fourth-order valence-electron chi connectivity index (χ4n) is 2.13. The smallest absolute Gasteiger partial charge is 0.243 e. The van der Waals surface area contributed by atoms with Gasteiger partial charge in [-0.1, -0.05) is 13.8 Å². The summed E-state index contributed by atoms with van der Waals surface area (Å²) in [6, 6.07) is 0. The fraction of sp³-hybridized carbons (Fsp3) is 0.733. The Morgan fingerprint density at radius 2 is 1.50 bits per heavy atom. The summed E-state index contributed by atoms with van der Waals surface area (Å²) in [5.74, 6) is -0.290. The van der Waals surface area contributed by atoms with E-state index in [4.69, 9.17) is 9.47 Å². The zero-order valence-corrected chi connectivity index (χ0v) is 13.3. The lowest BCUT2D eigenvalue weighted by molar-refractivity contribution is -0.255. The van der Waals surface area contributed by atoms with Crippen LogP contribution in [-0.2, 0) is 15.3 Å². The Morgan fingerprint density at radius 3 is 1.90 bits per heavy atom. The minimum atomic E-state index is -0.886. The van der Waals surface area contributed by atoms with Gasteiger partial charge in [-0.3, -0.25) is 4.90 Å². The molecule has 0 aliphatic rings. The van der Waals surface area contributed by atoms with Crippen LogP contribution in [0.2, 0.25) is 0 Å². The fourth-order valence-corrected chi connectivity index (χ4v) is 2.13. The lowest BCUT2D eigenvalue weighted by Crippen LogP contribution is -2.46. The summed E-state index contributed by atoms with van der Waals surface area (Å²) in [4.78, 5) is 11.1. The van der Waals surface area contributed by atoms with Gasteiger partial charge in [0, 0.05) is 25.6 Å². The van der Waals surface area contributed by atoms with Crippen molar-refractivity contribution in [3.63, 3.8) is 0 Å². The third-order valence-electron chi connectivity index (χ3n) is 3.20. The molecule has 1 rings (SSSR count). The average molecular weight is 281 g/mol. The molecular weight excluding hydrogens is 254 g/mol. The van der Waals surface area contributed by atoms with Gasteiger partial charge >= 0.3 is 0 Å². The molecule has 0 atom stereocenters. The SMILES string of the molecule is CCOC(CN(CC)CC)(OCC)c1ncc(C)cn1. The maximum Gasteiger partial charge on any atom is 0.243 e. The first-order valence-corrected chi connectivity index (χ1v) is 7.41. The van der Waals surface area contributed by atoms with E-state index in [0.717, 1.165) is 18.7 Å². The van der Waals surface area contributed by atoms with Crippen molar-refractivity contribution in [2.75, 3.05) is 32.8 Å². The summed E-state index contributed by atoms with van der Waals surface area (Å²) >= 11 is 0. The van der Waals surface area contributed by atoms with Gasteiger partial charge in [-0.05, 0) is 39.4 Å². The van der Waals surface area contributed by atoms with Crippen molar-refractivity contribution in [1.29, 1.82) is 0 Å². The van der Waals surface area contributed by atoms with Crippen LogP contribution in [0.15, 0.2) is 12.4 Å². The van der Waals surface area contributed by atoms with Crippen molar-refractivity contribution in [1.82, 2.24) is 14.9 Å². The number of likely N-dealkylation sites (N-methyl/N-ethyl adjacent to an activating group) is 1. The summed E-state index contributed by atoms with van der Waals surface area (Å²) in [5, 5.41) is 0. The van der Waals surface area contributed by atoms with Crippen molar-refractivity contribution in [3.05, 3.63) is 23.8 Å². The van der Waals surface area contributed by atoms with E-state index in [1.165, 1.54) is 0 Å². The van der Waals surface area contributed by atoms with Crippen molar-refractivity contribution in [2.45, 2.75) is 40.4 Å². The molecule has 0 fully saturated rings. The average Bonchev–Trinajstić information content (AvgIpc) is 2.45. The highest BCUT2D eigenvalue weighted by Crippen LogP contribution is 2.26. The lowest BCUT2D eigenvalue weighted by Gasteiger charge is -2.35. The van der Waals surface area contributed by atoms with E-state index < -0.39 is 5.79 Å². The van der Waals surface area contributed by atoms with Gasteiger partial charge in [0.05, 0.1) is 6.54 Å². The second-order valence-corrected chi connectivity index (χ2v) is 4.66. The van der Waals surface area contributed by atoms with Crippen LogP contribution in [0.3, 0.4) is 0 Å². The van der Waals surface area contributed by atoms with Crippen molar-refractivity contribution < 1.29 is 9.47 Å². The first-order chi connectivity index (χ1) is 9.61. The highest BCUT2D eigenvalue weighted by Gasteiger charge is 2.38. The van der Waals surface area contributed by atoms with Gasteiger partial charge < -0.3 is 9.47 Å². The van der Waals surface area contributed by atoms with E-state index in [2.05, 4.69) is 28.7 Å². The van der Waals surface area contributed by atoms with Gasteiger partial charge in [0.25, 0.3) is 0 Å². The van der Waals surface area contributed by atoms with Gasteiger partial charge in [0.1, 0.15) is 0 Å². The molecule has 1 aromatic rings. The van der Waals surface area contributed by atoms with Crippen molar-refractivity contribution >= 4 is 0 Å². The molecule has 0 bridgehead atoms. The number of hydrogen-bond acceptors (Lipinski definition) is 5. The van der Waals surface area contributed by atoms with Crippen molar-refractivity contribution in [2.24, 2.45) is 0 Å². The zero-order valence-electron chi connectivity index (χ0n) is 13.3. The Labute approximate surface area is 122 Å². The van der Waals surface area contributed by atoms with Gasteiger partial charge in [-0.25, -0.2) is 9.97 Å². The van der Waals surface area contributed by atoms with Crippen LogP contribution in [0.5, 0.6) is 0 Å². The first-order valence-electron chi connectivity index (χ1n) is 7.41. The van der Waals surface area contributed by atoms with Gasteiger partial charge in [0.2, 0.25) is 5.79 Å². The molecule has 0 amide bonds. The molecule has 1 aromatic heterocycles. The molecule has 114 valence electrons. The predicted octanol–water partition coefficient (Wildman–Crippen LogP) is 2.35. The summed E-state index contributed by atoms with van der Waals surface area (Å²) in [7, 11) is 0. The Hall–Kier alpha value is -1.04. The van der Waals surface area contributed by atoms with Crippen LogP contribution >= 0.6 is 0 Å². The molecule has 20 heavy (non-hydrogen) atoms. The second kappa shape index (κ2) is 8.29. The quantitative estimate of drug-likeness (QED) is 0.650. The summed E-state index contributed by atoms with van der Waals surface area (Å²) in [6.07, 6.45) is 3.61. The van der Waals surface area contributed by atoms with Gasteiger partial charge in [-0.15, -0.1) is 0 Å². The molecule has 0 aliphatic heterocycles. The normalized spacial score (nSPS) is 12.1. The molecule has 0 N–H and O–H groups in total. The minimum Gasteiger partial charge on any atom is -0.343 e. The van der Waals surface area contributed by atoms with E-state index >= 15 is 0 Å². The molecule has 0 saturated heterocycles. The third-order valence-corrected chi connectivity index (χ3v) is 3.20. The van der Waals surface area contributed by atoms with Gasteiger partial charge in [0.15, 0.2) is 5.82 Å². The number of aromatic nitrogens is 2. The maximum absolute atomic E-state index is 5.94.